The van der Waals surface area contributed by atoms with Gasteiger partial charge in [-0.3, -0.25) is 19.7 Å². The Bertz CT molecular complexity index is 1260. The third-order valence-electron chi connectivity index (χ3n) is 5.42. The topological polar surface area (TPSA) is 132 Å². The Hall–Kier alpha value is -3.73. The van der Waals surface area contributed by atoms with Crippen molar-refractivity contribution in [3.05, 3.63) is 75.1 Å². The molecule has 0 saturated heterocycles. The van der Waals surface area contributed by atoms with Crippen LogP contribution in [0.1, 0.15) is 47.2 Å². The first-order valence-corrected chi connectivity index (χ1v) is 12.0. The van der Waals surface area contributed by atoms with E-state index in [-0.39, 0.29) is 28.8 Å². The number of anilines is 1. The van der Waals surface area contributed by atoms with Gasteiger partial charge in [0, 0.05) is 30.4 Å². The summed E-state index contributed by atoms with van der Waals surface area (Å²) in [6.45, 7) is 7.76. The third-order valence-corrected chi connectivity index (χ3v) is 6.44. The number of nitro benzene ring substituents is 1. The summed E-state index contributed by atoms with van der Waals surface area (Å²) < 4.78 is 1.74. The number of carbonyl (C=O) groups excluding carboxylic acids is 2. The number of nitro groups is 1. The molecule has 2 N–H and O–H groups in total. The average Bonchev–Trinajstić information content (AvgIpc) is 3.18. The van der Waals surface area contributed by atoms with Gasteiger partial charge in [-0.15, -0.1) is 10.2 Å². The van der Waals surface area contributed by atoms with Gasteiger partial charge in [0.1, 0.15) is 0 Å². The summed E-state index contributed by atoms with van der Waals surface area (Å²) in [6, 6.07) is 10.9. The summed E-state index contributed by atoms with van der Waals surface area (Å²) in [6.07, 6.45) is 0. The molecule has 35 heavy (non-hydrogen) atoms. The zero-order chi connectivity index (χ0) is 25.7. The Balaban J connectivity index is 1.69. The molecule has 2 aromatic carbocycles. The molecule has 3 aromatic rings. The molecule has 1 aromatic heterocycles. The van der Waals surface area contributed by atoms with E-state index in [2.05, 4.69) is 20.8 Å². The number of hydrogen-bond donors (Lipinski definition) is 2. The fourth-order valence-electron chi connectivity index (χ4n) is 3.42. The van der Waals surface area contributed by atoms with E-state index in [1.165, 1.54) is 36.0 Å². The van der Waals surface area contributed by atoms with Crippen LogP contribution in [0.2, 0.25) is 0 Å². The van der Waals surface area contributed by atoms with Crippen molar-refractivity contribution in [1.82, 2.24) is 20.1 Å². The summed E-state index contributed by atoms with van der Waals surface area (Å²) in [5.74, 6) is 0.0264. The van der Waals surface area contributed by atoms with Crippen LogP contribution < -0.4 is 10.6 Å². The van der Waals surface area contributed by atoms with Gasteiger partial charge in [-0.1, -0.05) is 43.8 Å². The van der Waals surface area contributed by atoms with E-state index in [1.54, 1.807) is 11.6 Å². The largest absolute Gasteiger partial charge is 0.342 e. The lowest BCUT2D eigenvalue weighted by Crippen LogP contribution is -2.33. The van der Waals surface area contributed by atoms with E-state index >= 15 is 0 Å². The van der Waals surface area contributed by atoms with Crippen molar-refractivity contribution in [2.45, 2.75) is 38.9 Å². The predicted molar refractivity (Wildman–Crippen MR) is 134 cm³/mol. The van der Waals surface area contributed by atoms with E-state index in [1.807, 2.05) is 45.9 Å². The van der Waals surface area contributed by atoms with E-state index in [4.69, 9.17) is 0 Å². The lowest BCUT2D eigenvalue weighted by atomic mass is 10.0. The lowest BCUT2D eigenvalue weighted by molar-refractivity contribution is -0.384. The van der Waals surface area contributed by atoms with Crippen LogP contribution in [-0.2, 0) is 11.8 Å². The monoisotopic (exact) mass is 496 g/mol. The molecule has 10 nitrogen and oxygen atoms in total. The quantitative estimate of drug-likeness (QED) is 0.258. The first-order chi connectivity index (χ1) is 16.6. The molecule has 3 rings (SSSR count). The van der Waals surface area contributed by atoms with Crippen LogP contribution in [-0.4, -0.2) is 37.3 Å². The van der Waals surface area contributed by atoms with Crippen LogP contribution in [0.3, 0.4) is 0 Å². The number of thioether (sulfide) groups is 1. The zero-order valence-electron chi connectivity index (χ0n) is 20.2. The van der Waals surface area contributed by atoms with Gasteiger partial charge in [-0.2, -0.15) is 0 Å². The van der Waals surface area contributed by atoms with Crippen LogP contribution in [0.5, 0.6) is 0 Å². The van der Waals surface area contributed by atoms with Gasteiger partial charge in [0.15, 0.2) is 11.0 Å². The number of nitrogens with one attached hydrogen (secondary N) is 2. The molecule has 0 aliphatic rings. The van der Waals surface area contributed by atoms with Crippen LogP contribution in [0, 0.1) is 29.9 Å². The molecule has 0 spiro atoms. The minimum absolute atomic E-state index is 0.0361. The summed E-state index contributed by atoms with van der Waals surface area (Å²) in [7, 11) is 1.77. The standard InChI is InChI=1S/C24H28N6O4S/c1-14(2)21(26-23(32)17-7-6-8-18(12-17)30(33)34)22-27-28-24(29(22)5)35-13-20(31)25-19-11-15(3)9-10-16(19)4/h6-12,14,21H,13H2,1-5H3,(H,25,31)(H,26,32)/t21-/m0/s1. The molecule has 11 heteroatoms. The molecule has 0 aliphatic carbocycles. The molecular formula is C24H28N6O4S. The molecule has 1 heterocycles. The number of hydrogen-bond acceptors (Lipinski definition) is 7. The van der Waals surface area contributed by atoms with E-state index in [0.717, 1.165) is 16.8 Å². The number of nitrogens with zero attached hydrogens (tertiary/aromatic N) is 4. The number of carbonyl (C=O) groups is 2. The Labute approximate surface area is 207 Å². The minimum atomic E-state index is -0.542. The van der Waals surface area contributed by atoms with E-state index < -0.39 is 16.9 Å². The number of aromatic nitrogens is 3. The molecule has 1 atom stereocenters. The summed E-state index contributed by atoms with van der Waals surface area (Å²) in [4.78, 5) is 35.8. The highest BCUT2D eigenvalue weighted by atomic mass is 32.2. The molecule has 2 amide bonds. The molecule has 0 bridgehead atoms. The van der Waals surface area contributed by atoms with Crippen molar-refractivity contribution in [2.24, 2.45) is 13.0 Å². The van der Waals surface area contributed by atoms with Crippen molar-refractivity contribution in [3.8, 4) is 0 Å². The van der Waals surface area contributed by atoms with Gasteiger partial charge < -0.3 is 15.2 Å². The van der Waals surface area contributed by atoms with E-state index in [0.29, 0.717) is 11.0 Å². The van der Waals surface area contributed by atoms with Crippen molar-refractivity contribution < 1.29 is 14.5 Å². The van der Waals surface area contributed by atoms with Crippen molar-refractivity contribution in [3.63, 3.8) is 0 Å². The van der Waals surface area contributed by atoms with Gasteiger partial charge in [-0.25, -0.2) is 0 Å². The maximum absolute atomic E-state index is 12.8. The maximum Gasteiger partial charge on any atom is 0.270 e. The molecule has 0 unspecified atom stereocenters. The molecule has 0 fully saturated rings. The number of non-ortho nitro benzene ring substituents is 1. The molecule has 184 valence electrons. The number of amides is 2. The number of rotatable bonds is 9. The number of benzene rings is 2. The highest BCUT2D eigenvalue weighted by molar-refractivity contribution is 7.99. The maximum atomic E-state index is 12.8. The minimum Gasteiger partial charge on any atom is -0.342 e. The predicted octanol–water partition coefficient (Wildman–Crippen LogP) is 4.20. The second-order valence-corrected chi connectivity index (χ2v) is 9.50. The first-order valence-electron chi connectivity index (χ1n) is 11.0. The summed E-state index contributed by atoms with van der Waals surface area (Å²) in [5, 5.41) is 25.9. The van der Waals surface area contributed by atoms with Crippen LogP contribution in [0.15, 0.2) is 47.6 Å². The van der Waals surface area contributed by atoms with Gasteiger partial charge in [0.25, 0.3) is 11.6 Å². The fraction of sp³-hybridized carbons (Fsp3) is 0.333. The Morgan fingerprint density at radius 2 is 1.89 bits per heavy atom. The van der Waals surface area contributed by atoms with Crippen molar-refractivity contribution in [1.29, 1.82) is 0 Å². The van der Waals surface area contributed by atoms with Crippen LogP contribution >= 0.6 is 11.8 Å². The fourth-order valence-corrected chi connectivity index (χ4v) is 4.14. The summed E-state index contributed by atoms with van der Waals surface area (Å²) in [5.41, 5.74) is 2.84. The highest BCUT2D eigenvalue weighted by Gasteiger charge is 2.26. The van der Waals surface area contributed by atoms with Gasteiger partial charge in [-0.05, 0) is 43.0 Å². The number of aryl methyl sites for hydroxylation is 2. The Morgan fingerprint density at radius 3 is 2.57 bits per heavy atom. The van der Waals surface area contributed by atoms with Crippen molar-refractivity contribution in [2.75, 3.05) is 11.1 Å². The molecule has 0 saturated carbocycles. The summed E-state index contributed by atoms with van der Waals surface area (Å²) >= 11 is 1.24. The average molecular weight is 497 g/mol. The van der Waals surface area contributed by atoms with E-state index in [9.17, 15) is 19.7 Å². The van der Waals surface area contributed by atoms with Gasteiger partial charge >= 0.3 is 0 Å². The highest BCUT2D eigenvalue weighted by Crippen LogP contribution is 2.25. The lowest BCUT2D eigenvalue weighted by Gasteiger charge is -2.21. The van der Waals surface area contributed by atoms with Gasteiger partial charge in [0.05, 0.1) is 16.7 Å². The first kappa shape index (κ1) is 25.9. The normalized spacial score (nSPS) is 11.8. The SMILES string of the molecule is Cc1ccc(C)c(NC(=O)CSc2nnc([C@@H](NC(=O)c3cccc([N+](=O)[O-])c3)C(C)C)n2C)c1. The van der Waals surface area contributed by atoms with Gasteiger partial charge in [0.2, 0.25) is 5.91 Å². The molecule has 0 radical (unpaired) electrons. The molecular weight excluding hydrogens is 468 g/mol. The Kier molecular flexibility index (Phi) is 8.23. The molecule has 0 aliphatic heterocycles. The van der Waals surface area contributed by atoms with Crippen LogP contribution in [0.4, 0.5) is 11.4 Å². The second kappa shape index (κ2) is 11.1. The Morgan fingerprint density at radius 1 is 1.14 bits per heavy atom. The third kappa shape index (κ3) is 6.44. The van der Waals surface area contributed by atoms with Crippen molar-refractivity contribution >= 4 is 35.0 Å². The smallest absolute Gasteiger partial charge is 0.270 e. The zero-order valence-corrected chi connectivity index (χ0v) is 21.0. The van der Waals surface area contributed by atoms with Crippen LogP contribution in [0.25, 0.3) is 0 Å². The second-order valence-electron chi connectivity index (χ2n) is 8.56.